The highest BCUT2D eigenvalue weighted by Crippen LogP contribution is 2.24. The molecule has 0 fully saturated rings. The Bertz CT molecular complexity index is 873. The highest BCUT2D eigenvalue weighted by atomic mass is 35.5. The highest BCUT2D eigenvalue weighted by Gasteiger charge is 2.23. The van der Waals surface area contributed by atoms with Crippen LogP contribution >= 0.6 is 11.6 Å². The van der Waals surface area contributed by atoms with Crippen LogP contribution in [0, 0.1) is 6.92 Å². The normalized spacial score (nSPS) is 11.2. The summed E-state index contributed by atoms with van der Waals surface area (Å²) in [6, 6.07) is 8.70. The number of aromatic nitrogens is 1. The van der Waals surface area contributed by atoms with E-state index >= 15 is 0 Å². The van der Waals surface area contributed by atoms with E-state index in [1.54, 1.807) is 37.6 Å². The minimum absolute atomic E-state index is 0.273. The number of carbonyl (C=O) groups is 1. The van der Waals surface area contributed by atoms with Gasteiger partial charge in [-0.15, -0.1) is 0 Å². The van der Waals surface area contributed by atoms with Crippen molar-refractivity contribution in [2.45, 2.75) is 13.3 Å². The molecule has 1 aromatic heterocycles. The van der Waals surface area contributed by atoms with Crippen LogP contribution in [-0.2, 0) is 21.2 Å². The summed E-state index contributed by atoms with van der Waals surface area (Å²) in [4.78, 5) is 18.0. The van der Waals surface area contributed by atoms with Crippen molar-refractivity contribution in [2.75, 3.05) is 30.7 Å². The Morgan fingerprint density at radius 3 is 2.42 bits per heavy atom. The second kappa shape index (κ2) is 8.51. The van der Waals surface area contributed by atoms with Crippen LogP contribution in [0.4, 0.5) is 5.69 Å². The van der Waals surface area contributed by atoms with E-state index < -0.39 is 10.0 Å². The Kier molecular flexibility index (Phi) is 6.61. The van der Waals surface area contributed by atoms with Gasteiger partial charge in [0.05, 0.1) is 11.9 Å². The molecule has 1 amide bonds. The molecule has 0 atom stereocenters. The van der Waals surface area contributed by atoms with Crippen molar-refractivity contribution in [1.82, 2.24) is 9.88 Å². The summed E-state index contributed by atoms with van der Waals surface area (Å²) in [6.45, 7) is 2.04. The summed E-state index contributed by atoms with van der Waals surface area (Å²) in [7, 11) is -1.97. The van der Waals surface area contributed by atoms with Gasteiger partial charge in [0.25, 0.3) is 0 Å². The van der Waals surface area contributed by atoms with E-state index in [-0.39, 0.29) is 12.5 Å². The van der Waals surface area contributed by atoms with Crippen LogP contribution in [0.2, 0.25) is 5.02 Å². The first kappa shape index (κ1) is 20.2. The van der Waals surface area contributed by atoms with Gasteiger partial charge >= 0.3 is 0 Å². The van der Waals surface area contributed by atoms with Crippen molar-refractivity contribution in [3.63, 3.8) is 0 Å². The predicted octanol–water partition coefficient (Wildman–Crippen LogP) is 2.51. The molecule has 0 aliphatic rings. The zero-order chi connectivity index (χ0) is 19.3. The van der Waals surface area contributed by atoms with Crippen molar-refractivity contribution in [3.8, 4) is 0 Å². The first-order valence-electron chi connectivity index (χ1n) is 8.05. The fraction of sp³-hybridized carbons (Fsp3) is 0.333. The summed E-state index contributed by atoms with van der Waals surface area (Å²) in [5, 5.41) is 0.453. The number of nitrogens with zero attached hydrogens (tertiary/aromatic N) is 3. The van der Waals surface area contributed by atoms with Gasteiger partial charge in [-0.2, -0.15) is 0 Å². The van der Waals surface area contributed by atoms with Gasteiger partial charge in [-0.25, -0.2) is 8.42 Å². The largest absolute Gasteiger partial charge is 0.344 e. The topological polar surface area (TPSA) is 70.6 Å². The Morgan fingerprint density at radius 1 is 1.19 bits per heavy atom. The molecule has 0 spiro atoms. The summed E-state index contributed by atoms with van der Waals surface area (Å²) < 4.78 is 25.4. The van der Waals surface area contributed by atoms with Gasteiger partial charge in [-0.05, 0) is 48.7 Å². The summed E-state index contributed by atoms with van der Waals surface area (Å²) in [6.07, 6.45) is 5.14. The molecular weight excluding hydrogens is 374 g/mol. The van der Waals surface area contributed by atoms with E-state index in [2.05, 4.69) is 4.98 Å². The average Bonchev–Trinajstić information content (AvgIpc) is 2.59. The van der Waals surface area contributed by atoms with Crippen molar-refractivity contribution in [2.24, 2.45) is 0 Å². The number of sulfonamides is 1. The third kappa shape index (κ3) is 5.44. The lowest BCUT2D eigenvalue weighted by molar-refractivity contribution is -0.128. The molecule has 0 saturated heterocycles. The van der Waals surface area contributed by atoms with Crippen LogP contribution in [0.15, 0.2) is 42.7 Å². The van der Waals surface area contributed by atoms with Crippen LogP contribution in [0.5, 0.6) is 0 Å². The van der Waals surface area contributed by atoms with E-state index in [1.165, 1.54) is 4.90 Å². The summed E-state index contributed by atoms with van der Waals surface area (Å²) in [5.41, 5.74) is 2.27. The van der Waals surface area contributed by atoms with Crippen molar-refractivity contribution >= 4 is 33.2 Å². The van der Waals surface area contributed by atoms with Crippen molar-refractivity contribution < 1.29 is 13.2 Å². The van der Waals surface area contributed by atoms with Crippen LogP contribution in [0.25, 0.3) is 0 Å². The number of anilines is 1. The number of benzene rings is 1. The fourth-order valence-corrected chi connectivity index (χ4v) is 3.37. The average molecular weight is 396 g/mol. The van der Waals surface area contributed by atoms with Gasteiger partial charge in [0.15, 0.2) is 0 Å². The van der Waals surface area contributed by atoms with E-state index in [0.717, 1.165) is 21.7 Å². The van der Waals surface area contributed by atoms with Gasteiger partial charge in [0.1, 0.15) is 6.54 Å². The Morgan fingerprint density at radius 2 is 1.85 bits per heavy atom. The predicted molar refractivity (Wildman–Crippen MR) is 104 cm³/mol. The molecule has 8 heteroatoms. The van der Waals surface area contributed by atoms with E-state index in [9.17, 15) is 13.2 Å². The minimum atomic E-state index is -3.62. The van der Waals surface area contributed by atoms with Gasteiger partial charge < -0.3 is 4.90 Å². The van der Waals surface area contributed by atoms with Gasteiger partial charge in [-0.1, -0.05) is 17.7 Å². The second-order valence-electron chi connectivity index (χ2n) is 6.12. The zero-order valence-electron chi connectivity index (χ0n) is 15.0. The van der Waals surface area contributed by atoms with Crippen molar-refractivity contribution in [3.05, 3.63) is 58.9 Å². The third-order valence-electron chi connectivity index (χ3n) is 4.03. The molecule has 2 aromatic rings. The summed E-state index contributed by atoms with van der Waals surface area (Å²) in [5.74, 6) is -0.291. The van der Waals surface area contributed by atoms with E-state index in [4.69, 9.17) is 11.6 Å². The Balaban J connectivity index is 2.10. The maximum absolute atomic E-state index is 12.5. The third-order valence-corrected chi connectivity index (χ3v) is 5.58. The van der Waals surface area contributed by atoms with Crippen LogP contribution in [0.1, 0.15) is 11.1 Å². The monoisotopic (exact) mass is 395 g/mol. The first-order chi connectivity index (χ1) is 12.2. The van der Waals surface area contributed by atoms with Gasteiger partial charge in [0.2, 0.25) is 15.9 Å². The number of halogens is 1. The Hall–Kier alpha value is -2.12. The molecule has 6 nitrogen and oxygen atoms in total. The van der Waals surface area contributed by atoms with Crippen LogP contribution in [-0.4, -0.2) is 50.6 Å². The number of pyridine rings is 1. The zero-order valence-corrected chi connectivity index (χ0v) is 16.6. The maximum atomic E-state index is 12.5. The van der Waals surface area contributed by atoms with Crippen LogP contribution < -0.4 is 4.31 Å². The standard InChI is InChI=1S/C18H22ClN3O3S/c1-14-4-5-16(12-17(14)19)22(26(3,24)25)13-18(23)21(2)11-8-15-6-9-20-10-7-15/h4-7,9-10,12H,8,11,13H2,1-3H3. The first-order valence-corrected chi connectivity index (χ1v) is 10.3. The highest BCUT2D eigenvalue weighted by molar-refractivity contribution is 7.92. The molecule has 0 radical (unpaired) electrons. The number of likely N-dealkylation sites (N-methyl/N-ethyl adjacent to an activating group) is 1. The molecular formula is C18H22ClN3O3S. The molecule has 2 rings (SSSR count). The number of aryl methyl sites for hydroxylation is 1. The lowest BCUT2D eigenvalue weighted by atomic mass is 10.2. The maximum Gasteiger partial charge on any atom is 0.243 e. The molecule has 0 aliphatic heterocycles. The number of rotatable bonds is 7. The molecule has 0 saturated carbocycles. The SMILES string of the molecule is Cc1ccc(N(CC(=O)N(C)CCc2ccncc2)S(C)(=O)=O)cc1Cl. The van der Waals surface area contributed by atoms with Crippen LogP contribution in [0.3, 0.4) is 0 Å². The number of carbonyl (C=O) groups excluding carboxylic acids is 1. The molecule has 140 valence electrons. The van der Waals surface area contributed by atoms with Crippen molar-refractivity contribution in [1.29, 1.82) is 0 Å². The van der Waals surface area contributed by atoms with E-state index in [0.29, 0.717) is 23.7 Å². The van der Waals surface area contributed by atoms with Gasteiger partial charge in [-0.3, -0.25) is 14.1 Å². The quantitative estimate of drug-likeness (QED) is 0.722. The summed E-state index contributed by atoms with van der Waals surface area (Å²) >= 11 is 6.10. The minimum Gasteiger partial charge on any atom is -0.344 e. The van der Waals surface area contributed by atoms with Gasteiger partial charge in [0, 0.05) is 31.0 Å². The Labute approximate surface area is 159 Å². The fourth-order valence-electron chi connectivity index (χ4n) is 2.35. The molecule has 1 aromatic carbocycles. The second-order valence-corrected chi connectivity index (χ2v) is 8.44. The smallest absolute Gasteiger partial charge is 0.243 e. The number of hydrogen-bond acceptors (Lipinski definition) is 4. The molecule has 1 heterocycles. The number of hydrogen-bond donors (Lipinski definition) is 0. The van der Waals surface area contributed by atoms with E-state index in [1.807, 2.05) is 19.1 Å². The lowest BCUT2D eigenvalue weighted by Gasteiger charge is -2.25. The molecule has 0 bridgehead atoms. The molecule has 0 N–H and O–H groups in total. The number of amides is 1. The molecule has 0 unspecified atom stereocenters. The molecule has 0 aliphatic carbocycles. The lowest BCUT2D eigenvalue weighted by Crippen LogP contribution is -2.41. The molecule has 26 heavy (non-hydrogen) atoms.